The molecule has 27 heavy (non-hydrogen) atoms. The zero-order valence-corrected chi connectivity index (χ0v) is 16.9. The molecule has 0 spiro atoms. The van der Waals surface area contributed by atoms with Gasteiger partial charge in [-0.2, -0.15) is 0 Å². The van der Waals surface area contributed by atoms with Gasteiger partial charge in [0.25, 0.3) is 5.91 Å². The Morgan fingerprint density at radius 1 is 1.19 bits per heavy atom. The second kappa shape index (κ2) is 10.0. The third-order valence-electron chi connectivity index (χ3n) is 4.34. The Hall–Kier alpha value is -2.47. The normalized spacial score (nSPS) is 11.6. The first kappa shape index (κ1) is 20.8. The Morgan fingerprint density at radius 3 is 2.59 bits per heavy atom. The molecule has 0 heterocycles. The van der Waals surface area contributed by atoms with Gasteiger partial charge in [0.05, 0.1) is 7.11 Å². The lowest BCUT2D eigenvalue weighted by atomic mass is 9.97. The van der Waals surface area contributed by atoms with Crippen molar-refractivity contribution >= 4 is 29.3 Å². The summed E-state index contributed by atoms with van der Waals surface area (Å²) in [6.45, 7) is 3.84. The molecule has 5 nitrogen and oxygen atoms in total. The van der Waals surface area contributed by atoms with Crippen molar-refractivity contribution < 1.29 is 19.1 Å². The Morgan fingerprint density at radius 2 is 1.93 bits per heavy atom. The molecule has 1 atom stereocenters. The van der Waals surface area contributed by atoms with Crippen LogP contribution >= 0.6 is 11.8 Å². The molecule has 0 fully saturated rings. The Labute approximate surface area is 164 Å². The zero-order valence-electron chi connectivity index (χ0n) is 16.1. The van der Waals surface area contributed by atoms with E-state index >= 15 is 0 Å². The maximum absolute atomic E-state index is 12.3. The minimum Gasteiger partial charge on any atom is -0.496 e. The average Bonchev–Trinajstić information content (AvgIpc) is 2.71. The topological polar surface area (TPSA) is 64.6 Å². The monoisotopic (exact) mass is 387 g/mol. The third-order valence-corrected chi connectivity index (χ3v) is 5.07. The number of benzene rings is 2. The molecule has 0 saturated carbocycles. The van der Waals surface area contributed by atoms with Gasteiger partial charge in [-0.05, 0) is 48.4 Å². The summed E-state index contributed by atoms with van der Waals surface area (Å²) in [5.74, 6) is -0.221. The highest BCUT2D eigenvalue weighted by molar-refractivity contribution is 7.98. The number of carbonyl (C=O) groups is 2. The first-order valence-corrected chi connectivity index (χ1v) is 10.0. The molecule has 1 N–H and O–H groups in total. The van der Waals surface area contributed by atoms with E-state index < -0.39 is 5.97 Å². The first-order chi connectivity index (χ1) is 13.0. The molecule has 0 unspecified atom stereocenters. The summed E-state index contributed by atoms with van der Waals surface area (Å²) in [5, 5.41) is 2.83. The predicted molar refractivity (Wildman–Crippen MR) is 109 cm³/mol. The van der Waals surface area contributed by atoms with Crippen LogP contribution in [0.25, 0.3) is 0 Å². The predicted octanol–water partition coefficient (Wildman–Crippen LogP) is 4.73. The number of para-hydroxylation sites is 1. The molecular formula is C21H25NO4S. The van der Waals surface area contributed by atoms with Crippen LogP contribution in [0.3, 0.4) is 0 Å². The van der Waals surface area contributed by atoms with Gasteiger partial charge in [0, 0.05) is 10.6 Å². The van der Waals surface area contributed by atoms with Gasteiger partial charge >= 0.3 is 5.97 Å². The number of carbonyl (C=O) groups excluding carboxylic acids is 2. The molecule has 2 rings (SSSR count). The molecule has 0 saturated heterocycles. The number of nitrogens with one attached hydrogen (secondary N) is 1. The van der Waals surface area contributed by atoms with E-state index in [-0.39, 0.29) is 12.5 Å². The van der Waals surface area contributed by atoms with Gasteiger partial charge in [-0.3, -0.25) is 4.79 Å². The highest BCUT2D eigenvalue weighted by Crippen LogP contribution is 2.27. The maximum Gasteiger partial charge on any atom is 0.342 e. The van der Waals surface area contributed by atoms with Crippen molar-refractivity contribution in [1.82, 2.24) is 0 Å². The average molecular weight is 388 g/mol. The molecule has 2 aromatic rings. The molecule has 0 radical (unpaired) electrons. The van der Waals surface area contributed by atoms with Crippen LogP contribution in [0.5, 0.6) is 5.75 Å². The third kappa shape index (κ3) is 5.50. The van der Waals surface area contributed by atoms with Crippen molar-refractivity contribution in [2.24, 2.45) is 0 Å². The summed E-state index contributed by atoms with van der Waals surface area (Å²) in [5.41, 5.74) is 2.10. The molecule has 1 amide bonds. The molecule has 2 aromatic carbocycles. The van der Waals surface area contributed by atoms with E-state index in [0.717, 1.165) is 22.6 Å². The minimum absolute atomic E-state index is 0.295. The molecule has 0 aliphatic rings. The second-order valence-electron chi connectivity index (χ2n) is 6.09. The van der Waals surface area contributed by atoms with E-state index in [1.807, 2.05) is 36.6 Å². The van der Waals surface area contributed by atoms with Crippen molar-refractivity contribution in [3.05, 3.63) is 53.6 Å². The van der Waals surface area contributed by atoms with Gasteiger partial charge in [0.1, 0.15) is 11.3 Å². The molecule has 0 aliphatic heterocycles. The van der Waals surface area contributed by atoms with Crippen LogP contribution in [0.1, 0.15) is 42.1 Å². The smallest absolute Gasteiger partial charge is 0.342 e. The number of anilines is 1. The van der Waals surface area contributed by atoms with Crippen molar-refractivity contribution in [3.8, 4) is 5.75 Å². The number of esters is 1. The number of ether oxygens (including phenoxy) is 2. The molecule has 0 aliphatic carbocycles. The number of methoxy groups -OCH3 is 1. The summed E-state index contributed by atoms with van der Waals surface area (Å²) in [4.78, 5) is 25.5. The van der Waals surface area contributed by atoms with Crippen LogP contribution in [0, 0.1) is 0 Å². The van der Waals surface area contributed by atoms with E-state index in [4.69, 9.17) is 9.47 Å². The quantitative estimate of drug-likeness (QED) is 0.524. The van der Waals surface area contributed by atoms with Crippen LogP contribution in [0.4, 0.5) is 5.69 Å². The van der Waals surface area contributed by atoms with Gasteiger partial charge in [-0.15, -0.1) is 11.8 Å². The lowest BCUT2D eigenvalue weighted by molar-refractivity contribution is -0.119. The van der Waals surface area contributed by atoms with Crippen molar-refractivity contribution in [3.63, 3.8) is 0 Å². The standard InChI is InChI=1S/C21H25NO4S/c1-5-14(2)16-8-6-7-9-18(16)22-20(23)13-26-21(24)17-11-10-15(27-4)12-19(17)25-3/h6-12,14H,5,13H2,1-4H3,(H,22,23)/t14-/m1/s1. The van der Waals surface area contributed by atoms with Crippen molar-refractivity contribution in [1.29, 1.82) is 0 Å². The summed E-state index contributed by atoms with van der Waals surface area (Å²) >= 11 is 1.55. The largest absolute Gasteiger partial charge is 0.496 e. The number of rotatable bonds is 8. The second-order valence-corrected chi connectivity index (χ2v) is 6.97. The molecule has 144 valence electrons. The van der Waals surface area contributed by atoms with E-state index in [2.05, 4.69) is 19.2 Å². The molecule has 0 aromatic heterocycles. The van der Waals surface area contributed by atoms with Crippen LogP contribution in [0.15, 0.2) is 47.4 Å². The lowest BCUT2D eigenvalue weighted by Gasteiger charge is -2.15. The lowest BCUT2D eigenvalue weighted by Crippen LogP contribution is -2.22. The van der Waals surface area contributed by atoms with Crippen molar-refractivity contribution in [2.45, 2.75) is 31.1 Å². The maximum atomic E-state index is 12.3. The summed E-state index contributed by atoms with van der Waals surface area (Å²) in [6, 6.07) is 12.9. The van der Waals surface area contributed by atoms with E-state index in [9.17, 15) is 9.59 Å². The summed E-state index contributed by atoms with van der Waals surface area (Å²) in [7, 11) is 1.49. The Kier molecular flexibility index (Phi) is 7.73. The highest BCUT2D eigenvalue weighted by atomic mass is 32.2. The fourth-order valence-electron chi connectivity index (χ4n) is 2.62. The van der Waals surface area contributed by atoms with Gasteiger partial charge in [-0.25, -0.2) is 4.79 Å². The van der Waals surface area contributed by atoms with Gasteiger partial charge in [-0.1, -0.05) is 32.0 Å². The minimum atomic E-state index is -0.593. The molecular weight excluding hydrogens is 362 g/mol. The van der Waals surface area contributed by atoms with Crippen LogP contribution in [-0.4, -0.2) is 31.8 Å². The van der Waals surface area contributed by atoms with Gasteiger partial charge < -0.3 is 14.8 Å². The van der Waals surface area contributed by atoms with Crippen LogP contribution in [0.2, 0.25) is 0 Å². The van der Waals surface area contributed by atoms with Gasteiger partial charge in [0.15, 0.2) is 6.61 Å². The number of thioether (sulfide) groups is 1. The fourth-order valence-corrected chi connectivity index (χ4v) is 3.05. The van der Waals surface area contributed by atoms with Gasteiger partial charge in [0.2, 0.25) is 0 Å². The first-order valence-electron chi connectivity index (χ1n) is 8.78. The van der Waals surface area contributed by atoms with Crippen molar-refractivity contribution in [2.75, 3.05) is 25.3 Å². The van der Waals surface area contributed by atoms with E-state index in [0.29, 0.717) is 17.2 Å². The zero-order chi connectivity index (χ0) is 19.8. The highest BCUT2D eigenvalue weighted by Gasteiger charge is 2.17. The van der Waals surface area contributed by atoms with E-state index in [1.165, 1.54) is 7.11 Å². The van der Waals surface area contributed by atoms with Crippen LogP contribution in [-0.2, 0) is 9.53 Å². The number of hydrogen-bond acceptors (Lipinski definition) is 5. The number of hydrogen-bond donors (Lipinski definition) is 1. The Bertz CT molecular complexity index is 807. The molecule has 0 bridgehead atoms. The van der Waals surface area contributed by atoms with E-state index in [1.54, 1.807) is 23.9 Å². The van der Waals surface area contributed by atoms with Crippen LogP contribution < -0.4 is 10.1 Å². The summed E-state index contributed by atoms with van der Waals surface area (Å²) < 4.78 is 10.4. The fraction of sp³-hybridized carbons (Fsp3) is 0.333. The Balaban J connectivity index is 2.01. The SMILES string of the molecule is CC[C@@H](C)c1ccccc1NC(=O)COC(=O)c1ccc(SC)cc1OC. The molecule has 6 heteroatoms. The number of amides is 1. The summed E-state index contributed by atoms with van der Waals surface area (Å²) in [6.07, 6.45) is 2.90.